The Hall–Kier alpha value is -1.16. The van der Waals surface area contributed by atoms with E-state index in [1.54, 1.807) is 6.08 Å². The van der Waals surface area contributed by atoms with Gasteiger partial charge in [0.15, 0.2) is 5.78 Å². The van der Waals surface area contributed by atoms with Crippen molar-refractivity contribution in [2.75, 3.05) is 6.61 Å². The van der Waals surface area contributed by atoms with Crippen LogP contribution in [0.3, 0.4) is 0 Å². The first-order chi connectivity index (χ1) is 10.0. The van der Waals surface area contributed by atoms with Crippen LogP contribution >= 0.6 is 0 Å². The second-order valence-electron chi connectivity index (χ2n) is 6.04. The van der Waals surface area contributed by atoms with E-state index in [1.165, 1.54) is 0 Å². The third kappa shape index (κ3) is 6.89. The molecule has 0 spiro atoms. The number of carbonyl (C=O) groups is 2. The fourth-order valence-electron chi connectivity index (χ4n) is 2.80. The molecular formula is C17H28O4. The summed E-state index contributed by atoms with van der Waals surface area (Å²) < 4.78 is 5.08. The van der Waals surface area contributed by atoms with Crippen molar-refractivity contribution in [3.8, 4) is 0 Å². The first kappa shape index (κ1) is 17.9. The maximum atomic E-state index is 11.7. The molecule has 0 fully saturated rings. The average molecular weight is 296 g/mol. The Bertz CT molecular complexity index is 360. The van der Waals surface area contributed by atoms with Gasteiger partial charge in [0.1, 0.15) is 0 Å². The lowest BCUT2D eigenvalue weighted by atomic mass is 9.87. The van der Waals surface area contributed by atoms with Crippen LogP contribution in [0.25, 0.3) is 0 Å². The van der Waals surface area contributed by atoms with Gasteiger partial charge in [0.2, 0.25) is 0 Å². The third-order valence-corrected chi connectivity index (χ3v) is 3.87. The van der Waals surface area contributed by atoms with Gasteiger partial charge in [0, 0.05) is 18.9 Å². The van der Waals surface area contributed by atoms with Gasteiger partial charge in [0.25, 0.3) is 0 Å². The van der Waals surface area contributed by atoms with Gasteiger partial charge >= 0.3 is 5.97 Å². The minimum Gasteiger partial charge on any atom is -0.463 e. The number of rotatable bonds is 10. The van der Waals surface area contributed by atoms with E-state index in [-0.39, 0.29) is 36.3 Å². The van der Waals surface area contributed by atoms with Crippen LogP contribution in [0.2, 0.25) is 0 Å². The number of aliphatic hydroxyl groups excluding tert-OH is 1. The van der Waals surface area contributed by atoms with E-state index < -0.39 is 0 Å². The molecule has 4 nitrogen and oxygen atoms in total. The Kier molecular flexibility index (Phi) is 8.28. The molecule has 0 aromatic heterocycles. The Morgan fingerprint density at radius 1 is 1.24 bits per heavy atom. The van der Waals surface area contributed by atoms with Crippen molar-refractivity contribution in [3.63, 3.8) is 0 Å². The van der Waals surface area contributed by atoms with Gasteiger partial charge in [-0.2, -0.15) is 0 Å². The number of carbonyl (C=O) groups excluding carboxylic acids is 2. The standard InChI is InChI=1S/C17H28O4/c1-13(2)21-17(20)8-6-4-3-5-7-15-14(11-12-18)9-10-16(15)19/h9-10,13-15,18H,3-8,11-12H2,1-2H3/t14-,15-/m1/s1. The van der Waals surface area contributed by atoms with Crippen LogP contribution in [0.1, 0.15) is 58.8 Å². The van der Waals surface area contributed by atoms with Crippen molar-refractivity contribution in [3.05, 3.63) is 12.2 Å². The van der Waals surface area contributed by atoms with Gasteiger partial charge in [-0.25, -0.2) is 0 Å². The normalized spacial score (nSPS) is 21.2. The molecule has 4 heteroatoms. The second kappa shape index (κ2) is 9.72. The highest BCUT2D eigenvalue weighted by Gasteiger charge is 2.28. The summed E-state index contributed by atoms with van der Waals surface area (Å²) in [6.45, 7) is 3.84. The minimum absolute atomic E-state index is 0.0400. The maximum absolute atomic E-state index is 11.7. The Labute approximate surface area is 127 Å². The van der Waals surface area contributed by atoms with Crippen LogP contribution < -0.4 is 0 Å². The quantitative estimate of drug-likeness (QED) is 0.497. The van der Waals surface area contributed by atoms with Crippen LogP contribution in [0.15, 0.2) is 12.2 Å². The van der Waals surface area contributed by atoms with Gasteiger partial charge in [-0.15, -0.1) is 0 Å². The molecule has 0 saturated carbocycles. The Morgan fingerprint density at radius 3 is 2.62 bits per heavy atom. The molecule has 0 aliphatic heterocycles. The number of allylic oxidation sites excluding steroid dienone is 2. The zero-order valence-corrected chi connectivity index (χ0v) is 13.2. The summed E-state index contributed by atoms with van der Waals surface area (Å²) in [4.78, 5) is 23.1. The smallest absolute Gasteiger partial charge is 0.306 e. The second-order valence-corrected chi connectivity index (χ2v) is 6.04. The first-order valence-electron chi connectivity index (χ1n) is 8.07. The summed E-state index contributed by atoms with van der Waals surface area (Å²) in [7, 11) is 0. The molecule has 0 amide bonds. The van der Waals surface area contributed by atoms with Crippen molar-refractivity contribution < 1.29 is 19.4 Å². The van der Waals surface area contributed by atoms with E-state index in [0.29, 0.717) is 12.8 Å². The molecule has 0 radical (unpaired) electrons. The molecule has 0 bridgehead atoms. The predicted molar refractivity (Wildman–Crippen MR) is 81.8 cm³/mol. The van der Waals surface area contributed by atoms with Gasteiger partial charge < -0.3 is 9.84 Å². The van der Waals surface area contributed by atoms with E-state index in [0.717, 1.165) is 32.1 Å². The molecule has 120 valence electrons. The molecular weight excluding hydrogens is 268 g/mol. The van der Waals surface area contributed by atoms with E-state index in [9.17, 15) is 9.59 Å². The number of aliphatic hydroxyl groups is 1. The lowest BCUT2D eigenvalue weighted by Gasteiger charge is -2.16. The summed E-state index contributed by atoms with van der Waals surface area (Å²) in [5, 5.41) is 9.00. The summed E-state index contributed by atoms with van der Waals surface area (Å²) >= 11 is 0. The van der Waals surface area contributed by atoms with Crippen LogP contribution in [0, 0.1) is 11.8 Å². The molecule has 1 N–H and O–H groups in total. The fourth-order valence-corrected chi connectivity index (χ4v) is 2.80. The van der Waals surface area contributed by atoms with Gasteiger partial charge in [-0.1, -0.05) is 25.3 Å². The zero-order chi connectivity index (χ0) is 15.7. The maximum Gasteiger partial charge on any atom is 0.306 e. The SMILES string of the molecule is CC(C)OC(=O)CCCCCC[C@H]1C(=O)C=C[C@@H]1CCO. The molecule has 0 heterocycles. The van der Waals surface area contributed by atoms with Crippen molar-refractivity contribution >= 4 is 11.8 Å². The van der Waals surface area contributed by atoms with Crippen LogP contribution in [0.5, 0.6) is 0 Å². The van der Waals surface area contributed by atoms with Crippen LogP contribution in [-0.4, -0.2) is 29.6 Å². The molecule has 0 aromatic carbocycles. The molecule has 0 aromatic rings. The third-order valence-electron chi connectivity index (χ3n) is 3.87. The van der Waals surface area contributed by atoms with Crippen LogP contribution in [-0.2, 0) is 14.3 Å². The number of ketones is 1. The van der Waals surface area contributed by atoms with Crippen molar-refractivity contribution in [1.82, 2.24) is 0 Å². The van der Waals surface area contributed by atoms with Crippen molar-refractivity contribution in [2.45, 2.75) is 64.9 Å². The monoisotopic (exact) mass is 296 g/mol. The lowest BCUT2D eigenvalue weighted by molar-refractivity contribution is -0.147. The topological polar surface area (TPSA) is 63.6 Å². The lowest BCUT2D eigenvalue weighted by Crippen LogP contribution is -2.17. The van der Waals surface area contributed by atoms with E-state index in [1.807, 2.05) is 19.9 Å². The van der Waals surface area contributed by atoms with E-state index in [4.69, 9.17) is 9.84 Å². The molecule has 1 aliphatic rings. The zero-order valence-electron chi connectivity index (χ0n) is 13.2. The summed E-state index contributed by atoms with van der Waals surface area (Å²) in [6, 6.07) is 0. The first-order valence-corrected chi connectivity index (χ1v) is 8.07. The summed E-state index contributed by atoms with van der Waals surface area (Å²) in [5.41, 5.74) is 0. The molecule has 0 saturated heterocycles. The Balaban J connectivity index is 2.08. The summed E-state index contributed by atoms with van der Waals surface area (Å²) in [5.74, 6) is 0.351. The van der Waals surface area contributed by atoms with Crippen molar-refractivity contribution in [1.29, 1.82) is 0 Å². The highest BCUT2D eigenvalue weighted by molar-refractivity contribution is 5.94. The number of unbranched alkanes of at least 4 members (excludes halogenated alkanes) is 3. The van der Waals surface area contributed by atoms with E-state index in [2.05, 4.69) is 0 Å². The molecule has 0 unspecified atom stereocenters. The average Bonchev–Trinajstić information content (AvgIpc) is 2.74. The van der Waals surface area contributed by atoms with Gasteiger partial charge in [-0.3, -0.25) is 9.59 Å². The highest BCUT2D eigenvalue weighted by Crippen LogP contribution is 2.29. The van der Waals surface area contributed by atoms with Gasteiger partial charge in [0.05, 0.1) is 6.10 Å². The molecule has 21 heavy (non-hydrogen) atoms. The number of hydrogen-bond acceptors (Lipinski definition) is 4. The minimum atomic E-state index is -0.122. The summed E-state index contributed by atoms with van der Waals surface area (Å²) in [6.07, 6.45) is 9.47. The predicted octanol–water partition coefficient (Wildman–Crippen LogP) is 3.03. The number of hydrogen-bond donors (Lipinski definition) is 1. The van der Waals surface area contributed by atoms with E-state index >= 15 is 0 Å². The van der Waals surface area contributed by atoms with Crippen molar-refractivity contribution in [2.24, 2.45) is 11.8 Å². The largest absolute Gasteiger partial charge is 0.463 e. The molecule has 1 aliphatic carbocycles. The fraction of sp³-hybridized carbons (Fsp3) is 0.765. The number of esters is 1. The van der Waals surface area contributed by atoms with Crippen LogP contribution in [0.4, 0.5) is 0 Å². The molecule has 2 atom stereocenters. The molecule has 1 rings (SSSR count). The number of ether oxygens (including phenoxy) is 1. The highest BCUT2D eigenvalue weighted by atomic mass is 16.5. The van der Waals surface area contributed by atoms with Gasteiger partial charge in [-0.05, 0) is 45.1 Å². The Morgan fingerprint density at radius 2 is 1.95 bits per heavy atom.